The fourth-order valence-electron chi connectivity index (χ4n) is 0.652. The molecule has 0 aliphatic rings. The second-order valence-corrected chi connectivity index (χ2v) is 4.11. The maximum absolute atomic E-state index is 3.73. The van der Waals surface area contributed by atoms with E-state index in [1.807, 2.05) is 6.08 Å². The van der Waals surface area contributed by atoms with Crippen molar-refractivity contribution in [2.24, 2.45) is 0 Å². The molecule has 1 unspecified atom stereocenters. The number of nitrogens with zero attached hydrogens (tertiary/aromatic N) is 1. The zero-order valence-corrected chi connectivity index (χ0v) is 9.02. The van der Waals surface area contributed by atoms with Crippen LogP contribution in [-0.4, -0.2) is 37.1 Å². The quantitative estimate of drug-likeness (QED) is 0.629. The van der Waals surface area contributed by atoms with Gasteiger partial charge in [-0.15, -0.1) is 6.58 Å². The first-order valence-corrected chi connectivity index (χ1v) is 4.43. The van der Waals surface area contributed by atoms with E-state index >= 15 is 0 Å². The fourth-order valence-corrected chi connectivity index (χ4v) is 0.652. The molecule has 0 aliphatic heterocycles. The second-order valence-electron chi connectivity index (χ2n) is 4.11. The third kappa shape index (κ3) is 3.88. The van der Waals surface area contributed by atoms with Gasteiger partial charge in [0.15, 0.2) is 0 Å². The fraction of sp³-hybridized carbons (Fsp3) is 0.800. The van der Waals surface area contributed by atoms with Crippen LogP contribution in [0, 0.1) is 0 Å². The highest BCUT2D eigenvalue weighted by molar-refractivity contribution is 4.86. The van der Waals surface area contributed by atoms with Gasteiger partial charge in [0.1, 0.15) is 0 Å². The molecule has 72 valence electrons. The highest BCUT2D eigenvalue weighted by Gasteiger charge is 2.19. The molecule has 0 heterocycles. The van der Waals surface area contributed by atoms with E-state index in [1.54, 1.807) is 0 Å². The Bertz CT molecular complexity index is 139. The molecular weight excluding hydrogens is 148 g/mol. The van der Waals surface area contributed by atoms with Crippen molar-refractivity contribution < 1.29 is 0 Å². The molecule has 0 rings (SSSR count). The highest BCUT2D eigenvalue weighted by Crippen LogP contribution is 2.07. The van der Waals surface area contributed by atoms with Gasteiger partial charge in [-0.3, -0.25) is 0 Å². The van der Waals surface area contributed by atoms with E-state index in [1.165, 1.54) is 0 Å². The predicted molar refractivity (Wildman–Crippen MR) is 55.4 cm³/mol. The van der Waals surface area contributed by atoms with Crippen molar-refractivity contribution >= 4 is 0 Å². The van der Waals surface area contributed by atoms with Gasteiger partial charge in [0.05, 0.1) is 0 Å². The Morgan fingerprint density at radius 1 is 1.50 bits per heavy atom. The van der Waals surface area contributed by atoms with Crippen LogP contribution < -0.4 is 5.32 Å². The maximum atomic E-state index is 3.73. The molecule has 0 radical (unpaired) electrons. The summed E-state index contributed by atoms with van der Waals surface area (Å²) < 4.78 is 0. The van der Waals surface area contributed by atoms with Gasteiger partial charge in [-0.25, -0.2) is 0 Å². The van der Waals surface area contributed by atoms with Crippen LogP contribution in [0.2, 0.25) is 0 Å². The molecule has 0 spiro atoms. The van der Waals surface area contributed by atoms with Crippen molar-refractivity contribution in [1.82, 2.24) is 10.2 Å². The summed E-state index contributed by atoms with van der Waals surface area (Å²) in [6, 6.07) is 0.393. The van der Waals surface area contributed by atoms with E-state index in [9.17, 15) is 0 Å². The average Bonchev–Trinajstić information content (AvgIpc) is 2.00. The smallest absolute Gasteiger partial charge is 0.0271 e. The van der Waals surface area contributed by atoms with Crippen molar-refractivity contribution in [3.63, 3.8) is 0 Å². The van der Waals surface area contributed by atoms with Gasteiger partial charge >= 0.3 is 0 Å². The van der Waals surface area contributed by atoms with Crippen LogP contribution in [0.15, 0.2) is 12.7 Å². The van der Waals surface area contributed by atoms with Gasteiger partial charge in [-0.2, -0.15) is 0 Å². The lowest BCUT2D eigenvalue weighted by Crippen LogP contribution is -2.48. The highest BCUT2D eigenvalue weighted by atomic mass is 15.2. The molecule has 0 aromatic heterocycles. The van der Waals surface area contributed by atoms with E-state index < -0.39 is 0 Å². The lowest BCUT2D eigenvalue weighted by molar-refractivity contribution is 0.188. The molecule has 0 aromatic carbocycles. The third-order valence-electron chi connectivity index (χ3n) is 2.42. The standard InChI is InChI=1S/C10H22N2/c1-7-9(2)11-8-10(3,4)12(5)6/h7,9,11H,1,8H2,2-6H3. The summed E-state index contributed by atoms with van der Waals surface area (Å²) >= 11 is 0. The molecule has 0 aromatic rings. The van der Waals surface area contributed by atoms with Crippen molar-refractivity contribution in [3.8, 4) is 0 Å². The summed E-state index contributed by atoms with van der Waals surface area (Å²) in [5, 5.41) is 3.39. The average molecular weight is 170 g/mol. The number of hydrogen-bond donors (Lipinski definition) is 1. The summed E-state index contributed by atoms with van der Waals surface area (Å²) in [6.45, 7) is 11.3. The Kier molecular flexibility index (Phi) is 4.50. The summed E-state index contributed by atoms with van der Waals surface area (Å²) in [5.41, 5.74) is 0.206. The van der Waals surface area contributed by atoms with Crippen LogP contribution >= 0.6 is 0 Å². The first kappa shape index (κ1) is 11.7. The number of hydrogen-bond acceptors (Lipinski definition) is 2. The zero-order valence-electron chi connectivity index (χ0n) is 9.02. The van der Waals surface area contributed by atoms with Crippen molar-refractivity contribution in [3.05, 3.63) is 12.7 Å². The molecule has 0 saturated heterocycles. The molecule has 1 atom stereocenters. The largest absolute Gasteiger partial charge is 0.309 e. The molecule has 2 nitrogen and oxygen atoms in total. The van der Waals surface area contributed by atoms with Gasteiger partial charge in [-0.1, -0.05) is 6.08 Å². The van der Waals surface area contributed by atoms with E-state index in [4.69, 9.17) is 0 Å². The van der Waals surface area contributed by atoms with Crippen LogP contribution in [0.1, 0.15) is 20.8 Å². The van der Waals surface area contributed by atoms with Crippen molar-refractivity contribution in [2.45, 2.75) is 32.4 Å². The van der Waals surface area contributed by atoms with Crippen molar-refractivity contribution in [2.75, 3.05) is 20.6 Å². The predicted octanol–water partition coefficient (Wildman–Crippen LogP) is 1.49. The van der Waals surface area contributed by atoms with Gasteiger partial charge in [0, 0.05) is 18.1 Å². The molecule has 0 amide bonds. The Morgan fingerprint density at radius 2 is 2.00 bits per heavy atom. The summed E-state index contributed by atoms with van der Waals surface area (Å²) in [6.07, 6.45) is 1.92. The van der Waals surface area contributed by atoms with E-state index in [0.717, 1.165) is 6.54 Å². The van der Waals surface area contributed by atoms with Gasteiger partial charge in [0.2, 0.25) is 0 Å². The SMILES string of the molecule is C=CC(C)NCC(C)(C)N(C)C. The van der Waals surface area contributed by atoms with Gasteiger partial charge in [0.25, 0.3) is 0 Å². The Hall–Kier alpha value is -0.340. The minimum atomic E-state index is 0.206. The van der Waals surface area contributed by atoms with E-state index in [0.29, 0.717) is 6.04 Å². The van der Waals surface area contributed by atoms with Crippen LogP contribution in [0.3, 0.4) is 0 Å². The van der Waals surface area contributed by atoms with Crippen LogP contribution in [0.25, 0.3) is 0 Å². The molecule has 0 bridgehead atoms. The van der Waals surface area contributed by atoms with Gasteiger partial charge < -0.3 is 10.2 Å². The Labute approximate surface area is 76.6 Å². The van der Waals surface area contributed by atoms with E-state index in [2.05, 4.69) is 51.7 Å². The summed E-state index contributed by atoms with van der Waals surface area (Å²) in [4.78, 5) is 2.22. The Balaban J connectivity index is 3.83. The molecule has 1 N–H and O–H groups in total. The second kappa shape index (κ2) is 4.63. The first-order chi connectivity index (χ1) is 5.40. The zero-order chi connectivity index (χ0) is 9.78. The molecular formula is C10H22N2. The van der Waals surface area contributed by atoms with Crippen LogP contribution in [0.5, 0.6) is 0 Å². The lowest BCUT2D eigenvalue weighted by atomic mass is 10.0. The summed E-state index contributed by atoms with van der Waals surface area (Å²) in [5.74, 6) is 0. The molecule has 0 aliphatic carbocycles. The monoisotopic (exact) mass is 170 g/mol. The van der Waals surface area contributed by atoms with Crippen LogP contribution in [0.4, 0.5) is 0 Å². The molecule has 0 fully saturated rings. The lowest BCUT2D eigenvalue weighted by Gasteiger charge is -2.33. The first-order valence-electron chi connectivity index (χ1n) is 4.43. The summed E-state index contributed by atoms with van der Waals surface area (Å²) in [7, 11) is 4.19. The van der Waals surface area contributed by atoms with E-state index in [-0.39, 0.29) is 5.54 Å². The number of nitrogens with one attached hydrogen (secondary N) is 1. The van der Waals surface area contributed by atoms with Gasteiger partial charge in [-0.05, 0) is 34.9 Å². The topological polar surface area (TPSA) is 15.3 Å². The van der Waals surface area contributed by atoms with Crippen molar-refractivity contribution in [1.29, 1.82) is 0 Å². The normalized spacial score (nSPS) is 14.8. The Morgan fingerprint density at radius 3 is 2.33 bits per heavy atom. The number of likely N-dealkylation sites (N-methyl/N-ethyl adjacent to an activating group) is 1. The third-order valence-corrected chi connectivity index (χ3v) is 2.42. The maximum Gasteiger partial charge on any atom is 0.0271 e. The van der Waals surface area contributed by atoms with Crippen LogP contribution in [-0.2, 0) is 0 Å². The minimum Gasteiger partial charge on any atom is -0.309 e. The molecule has 2 heteroatoms. The molecule has 12 heavy (non-hydrogen) atoms. The number of rotatable bonds is 5. The minimum absolute atomic E-state index is 0.206. The molecule has 0 saturated carbocycles.